The van der Waals surface area contributed by atoms with E-state index < -0.39 is 0 Å². The van der Waals surface area contributed by atoms with Crippen molar-refractivity contribution in [3.63, 3.8) is 0 Å². The second kappa shape index (κ2) is 8.28. The Hall–Kier alpha value is -2.45. The number of benzene rings is 1. The number of thiazole rings is 2. The molecule has 2 heterocycles. The maximum absolute atomic E-state index is 12.4. The fourth-order valence-electron chi connectivity index (χ4n) is 3.22. The number of aromatic nitrogens is 2. The molecule has 1 aliphatic rings. The molecule has 1 aliphatic carbocycles. The van der Waals surface area contributed by atoms with E-state index in [9.17, 15) is 4.79 Å². The van der Waals surface area contributed by atoms with Gasteiger partial charge in [-0.25, -0.2) is 9.97 Å². The van der Waals surface area contributed by atoms with Gasteiger partial charge in [0, 0.05) is 15.8 Å². The molecule has 2 aromatic heterocycles. The molecular formula is C20H21N3O3S2. The number of carbonyl (C=O) groups excluding carboxylic acids is 1. The van der Waals surface area contributed by atoms with Crippen LogP contribution in [0.15, 0.2) is 23.6 Å². The summed E-state index contributed by atoms with van der Waals surface area (Å²) in [5.41, 5.74) is 2.83. The summed E-state index contributed by atoms with van der Waals surface area (Å²) < 4.78 is 10.6. The highest BCUT2D eigenvalue weighted by atomic mass is 32.1. The number of aryl methyl sites for hydroxylation is 2. The number of fused-ring (bicyclic) bond motifs is 1. The molecule has 0 atom stereocenters. The van der Waals surface area contributed by atoms with Crippen LogP contribution < -0.4 is 14.8 Å². The summed E-state index contributed by atoms with van der Waals surface area (Å²) >= 11 is 3.10. The number of amides is 1. The molecule has 8 heteroatoms. The van der Waals surface area contributed by atoms with Gasteiger partial charge in [0.1, 0.15) is 5.01 Å². The molecule has 146 valence electrons. The van der Waals surface area contributed by atoms with Crippen LogP contribution in [0, 0.1) is 0 Å². The zero-order valence-electron chi connectivity index (χ0n) is 15.8. The summed E-state index contributed by atoms with van der Waals surface area (Å²) in [7, 11) is 3.21. The first kappa shape index (κ1) is 18.9. The molecule has 0 radical (unpaired) electrons. The van der Waals surface area contributed by atoms with E-state index >= 15 is 0 Å². The monoisotopic (exact) mass is 415 g/mol. The Labute approximate surface area is 171 Å². The third-order valence-corrected chi connectivity index (χ3v) is 6.63. The van der Waals surface area contributed by atoms with E-state index in [0.717, 1.165) is 34.8 Å². The number of ether oxygens (including phenoxy) is 2. The first-order valence-electron chi connectivity index (χ1n) is 9.11. The van der Waals surface area contributed by atoms with Crippen LogP contribution in [0.2, 0.25) is 0 Å². The van der Waals surface area contributed by atoms with Gasteiger partial charge < -0.3 is 14.8 Å². The normalized spacial score (nSPS) is 13.1. The maximum Gasteiger partial charge on any atom is 0.232 e. The molecule has 0 unspecified atom stereocenters. The molecule has 28 heavy (non-hydrogen) atoms. The number of hydrogen-bond acceptors (Lipinski definition) is 7. The van der Waals surface area contributed by atoms with Crippen molar-refractivity contribution in [1.82, 2.24) is 9.97 Å². The van der Waals surface area contributed by atoms with E-state index in [1.165, 1.54) is 29.1 Å². The van der Waals surface area contributed by atoms with Gasteiger partial charge in [0.2, 0.25) is 5.91 Å². The maximum atomic E-state index is 12.4. The van der Waals surface area contributed by atoms with E-state index in [2.05, 4.69) is 15.3 Å². The molecular weight excluding hydrogens is 394 g/mol. The van der Waals surface area contributed by atoms with Crippen molar-refractivity contribution >= 4 is 33.7 Å². The smallest absolute Gasteiger partial charge is 0.232 e. The molecule has 1 N–H and O–H groups in total. The molecule has 0 bridgehead atoms. The van der Waals surface area contributed by atoms with E-state index in [0.29, 0.717) is 16.6 Å². The Bertz CT molecular complexity index is 973. The minimum absolute atomic E-state index is 0.0877. The number of carbonyl (C=O) groups is 1. The Balaban J connectivity index is 1.43. The molecule has 1 aromatic carbocycles. The molecule has 0 saturated carbocycles. The molecule has 0 aliphatic heterocycles. The van der Waals surface area contributed by atoms with Crippen LogP contribution in [0.25, 0.3) is 10.6 Å². The average Bonchev–Trinajstić information content (AvgIpc) is 3.33. The largest absolute Gasteiger partial charge is 0.493 e. The highest BCUT2D eigenvalue weighted by Crippen LogP contribution is 2.34. The summed E-state index contributed by atoms with van der Waals surface area (Å²) in [4.78, 5) is 22.9. The summed E-state index contributed by atoms with van der Waals surface area (Å²) in [5, 5.41) is 6.38. The van der Waals surface area contributed by atoms with Gasteiger partial charge in [-0.3, -0.25) is 4.79 Å². The van der Waals surface area contributed by atoms with Crippen molar-refractivity contribution in [3.8, 4) is 22.1 Å². The molecule has 0 fully saturated rings. The predicted octanol–water partition coefficient (Wildman–Crippen LogP) is 4.34. The number of rotatable bonds is 6. The molecule has 6 nitrogen and oxygen atoms in total. The lowest BCUT2D eigenvalue weighted by Gasteiger charge is -2.08. The SMILES string of the molecule is COc1ccc(-c2nc(CC(=O)Nc3nc4c(s3)CCCC4)cs2)cc1OC. The zero-order chi connectivity index (χ0) is 19.5. The van der Waals surface area contributed by atoms with Crippen LogP contribution >= 0.6 is 22.7 Å². The second-order valence-corrected chi connectivity index (χ2v) is 8.48. The third-order valence-electron chi connectivity index (χ3n) is 4.62. The highest BCUT2D eigenvalue weighted by molar-refractivity contribution is 7.16. The Morgan fingerprint density at radius 2 is 1.96 bits per heavy atom. The van der Waals surface area contributed by atoms with E-state index in [1.807, 2.05) is 23.6 Å². The number of anilines is 1. The van der Waals surface area contributed by atoms with Crippen molar-refractivity contribution < 1.29 is 14.3 Å². The van der Waals surface area contributed by atoms with Gasteiger partial charge in [-0.2, -0.15) is 0 Å². The summed E-state index contributed by atoms with van der Waals surface area (Å²) in [6.07, 6.45) is 4.71. The molecule has 0 spiro atoms. The van der Waals surface area contributed by atoms with Crippen molar-refractivity contribution in [1.29, 1.82) is 0 Å². The van der Waals surface area contributed by atoms with Gasteiger partial charge in [0.25, 0.3) is 0 Å². The lowest BCUT2D eigenvalue weighted by atomic mass is 10.0. The lowest BCUT2D eigenvalue weighted by Crippen LogP contribution is -2.14. The van der Waals surface area contributed by atoms with Crippen LogP contribution in [-0.2, 0) is 24.1 Å². The van der Waals surface area contributed by atoms with Gasteiger partial charge in [0.15, 0.2) is 16.6 Å². The molecule has 4 rings (SSSR count). The zero-order valence-corrected chi connectivity index (χ0v) is 17.4. The fraction of sp³-hybridized carbons (Fsp3) is 0.350. The fourth-order valence-corrected chi connectivity index (χ4v) is 5.11. The van der Waals surface area contributed by atoms with Crippen molar-refractivity contribution in [2.45, 2.75) is 32.1 Å². The first-order chi connectivity index (χ1) is 13.7. The quantitative estimate of drug-likeness (QED) is 0.648. The lowest BCUT2D eigenvalue weighted by molar-refractivity contribution is -0.115. The summed E-state index contributed by atoms with van der Waals surface area (Å²) in [6.45, 7) is 0. The van der Waals surface area contributed by atoms with Crippen molar-refractivity contribution in [2.24, 2.45) is 0 Å². The van der Waals surface area contributed by atoms with Crippen LogP contribution in [0.3, 0.4) is 0 Å². The topological polar surface area (TPSA) is 73.3 Å². The molecule has 0 saturated heterocycles. The molecule has 1 amide bonds. The first-order valence-corrected chi connectivity index (χ1v) is 10.8. The standard InChI is InChI=1S/C20H21N3O3S2/c1-25-15-8-7-12(9-16(15)26-2)19-21-13(11-27-19)10-18(24)23-20-22-14-5-3-4-6-17(14)28-20/h7-9,11H,3-6,10H2,1-2H3,(H,22,23,24). The van der Waals surface area contributed by atoms with E-state index in [4.69, 9.17) is 9.47 Å². The van der Waals surface area contributed by atoms with Crippen molar-refractivity contribution in [3.05, 3.63) is 39.8 Å². The van der Waals surface area contributed by atoms with Crippen LogP contribution in [-0.4, -0.2) is 30.1 Å². The Morgan fingerprint density at radius 3 is 2.75 bits per heavy atom. The highest BCUT2D eigenvalue weighted by Gasteiger charge is 2.17. The minimum atomic E-state index is -0.0877. The summed E-state index contributed by atoms with van der Waals surface area (Å²) in [5.74, 6) is 1.24. The summed E-state index contributed by atoms with van der Waals surface area (Å²) in [6, 6.07) is 5.68. The molecule has 3 aromatic rings. The van der Waals surface area contributed by atoms with E-state index in [-0.39, 0.29) is 12.3 Å². The Morgan fingerprint density at radius 1 is 1.14 bits per heavy atom. The number of nitrogens with zero attached hydrogens (tertiary/aromatic N) is 2. The number of hydrogen-bond donors (Lipinski definition) is 1. The van der Waals surface area contributed by atoms with Gasteiger partial charge in [-0.15, -0.1) is 22.7 Å². The average molecular weight is 416 g/mol. The van der Waals surface area contributed by atoms with Gasteiger partial charge in [-0.1, -0.05) is 0 Å². The third kappa shape index (κ3) is 4.02. The van der Waals surface area contributed by atoms with Gasteiger partial charge >= 0.3 is 0 Å². The van der Waals surface area contributed by atoms with Gasteiger partial charge in [0.05, 0.1) is 32.0 Å². The van der Waals surface area contributed by atoms with Crippen LogP contribution in [0.1, 0.15) is 29.1 Å². The number of methoxy groups -OCH3 is 2. The predicted molar refractivity (Wildman–Crippen MR) is 112 cm³/mol. The van der Waals surface area contributed by atoms with Gasteiger partial charge in [-0.05, 0) is 43.9 Å². The number of nitrogens with one attached hydrogen (secondary N) is 1. The second-order valence-electron chi connectivity index (χ2n) is 6.53. The van der Waals surface area contributed by atoms with E-state index in [1.54, 1.807) is 25.6 Å². The van der Waals surface area contributed by atoms with Crippen LogP contribution in [0.5, 0.6) is 11.5 Å². The van der Waals surface area contributed by atoms with Crippen LogP contribution in [0.4, 0.5) is 5.13 Å². The van der Waals surface area contributed by atoms with Crippen molar-refractivity contribution in [2.75, 3.05) is 19.5 Å². The minimum Gasteiger partial charge on any atom is -0.493 e. The Kier molecular flexibility index (Phi) is 5.59.